The molecule has 2 rings (SSSR count). The summed E-state index contributed by atoms with van der Waals surface area (Å²) >= 11 is 11.3. The Morgan fingerprint density at radius 1 is 1.27 bits per heavy atom. The maximum atomic E-state index is 13.3. The van der Waals surface area contributed by atoms with E-state index >= 15 is 0 Å². The number of esters is 1. The Morgan fingerprint density at radius 2 is 2.00 bits per heavy atom. The molecule has 114 valence electrons. The van der Waals surface area contributed by atoms with Gasteiger partial charge in [-0.2, -0.15) is 0 Å². The van der Waals surface area contributed by atoms with E-state index in [1.807, 2.05) is 0 Å². The number of amides is 1. The summed E-state index contributed by atoms with van der Waals surface area (Å²) in [6.07, 6.45) is 1.17. The van der Waals surface area contributed by atoms with Crippen molar-refractivity contribution in [2.45, 2.75) is 0 Å². The number of anilines is 1. The molecule has 0 aliphatic heterocycles. The van der Waals surface area contributed by atoms with Gasteiger partial charge in [0.05, 0.1) is 16.3 Å². The smallest absolute Gasteiger partial charge is 0.340 e. The van der Waals surface area contributed by atoms with Crippen LogP contribution in [0.2, 0.25) is 10.2 Å². The number of nitrogens with zero attached hydrogens (tertiary/aromatic N) is 1. The summed E-state index contributed by atoms with van der Waals surface area (Å²) in [6.45, 7) is -0.576. The van der Waals surface area contributed by atoms with E-state index < -0.39 is 24.3 Å². The second-order valence-electron chi connectivity index (χ2n) is 4.10. The number of hydrogen-bond donors (Lipinski definition) is 1. The lowest BCUT2D eigenvalue weighted by Gasteiger charge is -2.07. The number of hydrogen-bond acceptors (Lipinski definition) is 4. The fraction of sp³-hybridized carbons (Fsp3) is 0.0714. The Bertz CT molecular complexity index is 725. The van der Waals surface area contributed by atoms with Crippen molar-refractivity contribution in [1.29, 1.82) is 0 Å². The van der Waals surface area contributed by atoms with Gasteiger partial charge in [-0.05, 0) is 18.2 Å². The second-order valence-corrected chi connectivity index (χ2v) is 4.87. The predicted molar refractivity (Wildman–Crippen MR) is 79.6 cm³/mol. The lowest BCUT2D eigenvalue weighted by atomic mass is 10.3. The Balaban J connectivity index is 1.92. The molecule has 22 heavy (non-hydrogen) atoms. The fourth-order valence-corrected chi connectivity index (χ4v) is 1.77. The zero-order valence-corrected chi connectivity index (χ0v) is 12.5. The standard InChI is InChI=1S/C14H9Cl2FN2O3/c15-9-5-8(6-18-13(9)16)14(21)22-7-12(20)19-11-4-2-1-3-10(11)17/h1-6H,7H2,(H,19,20). The van der Waals surface area contributed by atoms with Crippen molar-refractivity contribution < 1.29 is 18.7 Å². The molecule has 0 fully saturated rings. The highest BCUT2D eigenvalue weighted by atomic mass is 35.5. The van der Waals surface area contributed by atoms with Crippen LogP contribution in [0.1, 0.15) is 10.4 Å². The third-order valence-electron chi connectivity index (χ3n) is 2.51. The molecule has 1 aromatic heterocycles. The van der Waals surface area contributed by atoms with Gasteiger partial charge in [-0.1, -0.05) is 35.3 Å². The lowest BCUT2D eigenvalue weighted by Crippen LogP contribution is -2.21. The largest absolute Gasteiger partial charge is 0.452 e. The minimum absolute atomic E-state index is 0.000229. The van der Waals surface area contributed by atoms with Gasteiger partial charge in [0.2, 0.25) is 0 Å². The van der Waals surface area contributed by atoms with Crippen molar-refractivity contribution in [2.24, 2.45) is 0 Å². The third-order valence-corrected chi connectivity index (χ3v) is 3.20. The van der Waals surface area contributed by atoms with Gasteiger partial charge >= 0.3 is 5.97 Å². The number of nitrogens with one attached hydrogen (secondary N) is 1. The molecule has 0 bridgehead atoms. The van der Waals surface area contributed by atoms with Crippen molar-refractivity contribution in [3.63, 3.8) is 0 Å². The molecule has 0 unspecified atom stereocenters. The van der Waals surface area contributed by atoms with Crippen LogP contribution in [0.5, 0.6) is 0 Å². The zero-order chi connectivity index (χ0) is 16.1. The van der Waals surface area contributed by atoms with Crippen molar-refractivity contribution in [3.8, 4) is 0 Å². The van der Waals surface area contributed by atoms with Crippen LogP contribution < -0.4 is 5.32 Å². The van der Waals surface area contributed by atoms with Gasteiger partial charge in [-0.3, -0.25) is 4.79 Å². The number of halogens is 3. The fourth-order valence-electron chi connectivity index (χ4n) is 1.50. The summed E-state index contributed by atoms with van der Waals surface area (Å²) in [6, 6.07) is 6.91. The maximum absolute atomic E-state index is 13.3. The van der Waals surface area contributed by atoms with E-state index in [-0.39, 0.29) is 21.4 Å². The molecule has 0 aliphatic rings. The first-order valence-electron chi connectivity index (χ1n) is 6.00. The number of rotatable bonds is 4. The van der Waals surface area contributed by atoms with Crippen LogP contribution >= 0.6 is 23.2 Å². The van der Waals surface area contributed by atoms with Crippen LogP contribution in [0.25, 0.3) is 0 Å². The van der Waals surface area contributed by atoms with Gasteiger partial charge in [0, 0.05) is 6.20 Å². The molecule has 1 aromatic carbocycles. The van der Waals surface area contributed by atoms with Gasteiger partial charge in [0.1, 0.15) is 11.0 Å². The molecule has 5 nitrogen and oxygen atoms in total. The van der Waals surface area contributed by atoms with Gasteiger partial charge in [0.15, 0.2) is 6.61 Å². The van der Waals surface area contributed by atoms with Crippen molar-refractivity contribution >= 4 is 40.8 Å². The summed E-state index contributed by atoms with van der Waals surface area (Å²) < 4.78 is 18.1. The van der Waals surface area contributed by atoms with E-state index in [9.17, 15) is 14.0 Å². The van der Waals surface area contributed by atoms with Gasteiger partial charge in [-0.15, -0.1) is 0 Å². The van der Waals surface area contributed by atoms with E-state index in [1.165, 1.54) is 30.5 Å². The summed E-state index contributed by atoms with van der Waals surface area (Å²) in [5.41, 5.74) is 0.0489. The van der Waals surface area contributed by atoms with E-state index in [0.717, 1.165) is 0 Å². The van der Waals surface area contributed by atoms with E-state index in [4.69, 9.17) is 27.9 Å². The highest BCUT2D eigenvalue weighted by Crippen LogP contribution is 2.20. The normalized spacial score (nSPS) is 10.1. The number of aromatic nitrogens is 1. The molecule has 2 aromatic rings. The molecule has 1 N–H and O–H groups in total. The first-order valence-corrected chi connectivity index (χ1v) is 6.75. The van der Waals surface area contributed by atoms with Crippen LogP contribution in [0.4, 0.5) is 10.1 Å². The molecular formula is C14H9Cl2FN2O3. The number of pyridine rings is 1. The monoisotopic (exact) mass is 342 g/mol. The average molecular weight is 343 g/mol. The summed E-state index contributed by atoms with van der Waals surface area (Å²) in [7, 11) is 0. The summed E-state index contributed by atoms with van der Waals surface area (Å²) in [5.74, 6) is -2.06. The molecule has 0 saturated carbocycles. The Labute approximate surface area is 135 Å². The molecule has 0 atom stereocenters. The number of carbonyl (C=O) groups is 2. The average Bonchev–Trinajstić information content (AvgIpc) is 2.50. The summed E-state index contributed by atoms with van der Waals surface area (Å²) in [5, 5.41) is 2.42. The summed E-state index contributed by atoms with van der Waals surface area (Å²) in [4.78, 5) is 27.0. The minimum atomic E-state index is -0.797. The Kier molecular flexibility index (Phi) is 5.30. The predicted octanol–water partition coefficient (Wildman–Crippen LogP) is 3.32. The van der Waals surface area contributed by atoms with Crippen molar-refractivity contribution in [3.05, 3.63) is 58.1 Å². The molecule has 0 aliphatic carbocycles. The molecule has 1 amide bonds. The van der Waals surface area contributed by atoms with Crippen LogP contribution in [0.15, 0.2) is 36.5 Å². The highest BCUT2D eigenvalue weighted by Gasteiger charge is 2.13. The van der Waals surface area contributed by atoms with E-state index in [0.29, 0.717) is 0 Å². The van der Waals surface area contributed by atoms with Crippen LogP contribution in [0, 0.1) is 5.82 Å². The SMILES string of the molecule is O=C(COC(=O)c1cnc(Cl)c(Cl)c1)Nc1ccccc1F. The maximum Gasteiger partial charge on any atom is 0.340 e. The third kappa shape index (κ3) is 4.16. The first-order chi connectivity index (χ1) is 10.5. The first kappa shape index (κ1) is 16.2. The lowest BCUT2D eigenvalue weighted by molar-refractivity contribution is -0.119. The molecule has 1 heterocycles. The van der Waals surface area contributed by atoms with E-state index in [1.54, 1.807) is 6.07 Å². The topological polar surface area (TPSA) is 68.3 Å². The molecular weight excluding hydrogens is 334 g/mol. The zero-order valence-electron chi connectivity index (χ0n) is 11.0. The van der Waals surface area contributed by atoms with Gasteiger partial charge in [-0.25, -0.2) is 14.2 Å². The highest BCUT2D eigenvalue weighted by molar-refractivity contribution is 6.41. The van der Waals surface area contributed by atoms with Crippen molar-refractivity contribution in [1.82, 2.24) is 4.98 Å². The molecule has 8 heteroatoms. The van der Waals surface area contributed by atoms with Crippen LogP contribution in [-0.4, -0.2) is 23.5 Å². The number of benzene rings is 1. The Morgan fingerprint density at radius 3 is 2.68 bits per heavy atom. The van der Waals surface area contributed by atoms with Gasteiger partial charge < -0.3 is 10.1 Å². The van der Waals surface area contributed by atoms with E-state index in [2.05, 4.69) is 10.3 Å². The number of ether oxygens (including phenoxy) is 1. The molecule has 0 spiro atoms. The molecule has 0 saturated heterocycles. The Hall–Kier alpha value is -2.18. The second kappa shape index (κ2) is 7.20. The van der Waals surface area contributed by atoms with Crippen LogP contribution in [-0.2, 0) is 9.53 Å². The van der Waals surface area contributed by atoms with Crippen molar-refractivity contribution in [2.75, 3.05) is 11.9 Å². The molecule has 0 radical (unpaired) electrons. The quantitative estimate of drug-likeness (QED) is 0.683. The number of para-hydroxylation sites is 1. The van der Waals surface area contributed by atoms with Crippen LogP contribution in [0.3, 0.4) is 0 Å². The van der Waals surface area contributed by atoms with Gasteiger partial charge in [0.25, 0.3) is 5.91 Å². The number of carbonyl (C=O) groups excluding carboxylic acids is 2. The minimum Gasteiger partial charge on any atom is -0.452 e.